The highest BCUT2D eigenvalue weighted by Gasteiger charge is 2.25. The van der Waals surface area contributed by atoms with Crippen LogP contribution in [-0.2, 0) is 29.7 Å². The van der Waals surface area contributed by atoms with Gasteiger partial charge >= 0.3 is 6.09 Å². The molecule has 10 heteroatoms. The summed E-state index contributed by atoms with van der Waals surface area (Å²) in [6, 6.07) is 13.8. The maximum Gasteiger partial charge on any atom is 0.408 e. The van der Waals surface area contributed by atoms with Gasteiger partial charge in [-0.2, -0.15) is 0 Å². The number of hydrogen-bond acceptors (Lipinski definition) is 6. The lowest BCUT2D eigenvalue weighted by Gasteiger charge is -2.24. The molecule has 2 amide bonds. The van der Waals surface area contributed by atoms with Crippen LogP contribution in [-0.4, -0.2) is 45.8 Å². The largest absolute Gasteiger partial charge is 0.446 e. The number of nitrogens with one attached hydrogen (secondary N) is 2. The fourth-order valence-corrected chi connectivity index (χ4v) is 3.88. The van der Waals surface area contributed by atoms with Gasteiger partial charge in [-0.05, 0) is 29.8 Å². The molecule has 3 rings (SSSR count). The van der Waals surface area contributed by atoms with Crippen LogP contribution in [0.2, 0.25) is 0 Å². The number of ether oxygens (including phenoxy) is 2. The molecule has 0 bridgehead atoms. The molecule has 0 saturated carbocycles. The minimum atomic E-state index is -3.86. The molecule has 0 radical (unpaired) electrons. The van der Waals surface area contributed by atoms with Gasteiger partial charge in [0.05, 0.1) is 18.1 Å². The molecule has 2 aromatic carbocycles. The molecule has 1 atom stereocenters. The van der Waals surface area contributed by atoms with E-state index in [1.165, 1.54) is 24.3 Å². The van der Waals surface area contributed by atoms with Gasteiger partial charge < -0.3 is 20.1 Å². The monoisotopic (exact) mass is 466 g/mol. The third kappa shape index (κ3) is 7.23. The minimum Gasteiger partial charge on any atom is -0.446 e. The molecule has 1 aliphatic heterocycles. The molecule has 1 aliphatic rings. The Morgan fingerprint density at radius 1 is 1.06 bits per heavy atom. The molecule has 2 N–H and O–H groups in total. The Morgan fingerprint density at radius 2 is 1.71 bits per heavy atom. The molecule has 31 heavy (non-hydrogen) atoms. The Hall–Kier alpha value is -2.62. The van der Waals surface area contributed by atoms with Gasteiger partial charge in [0.1, 0.15) is 12.1 Å². The topological polar surface area (TPSA) is 111 Å². The summed E-state index contributed by atoms with van der Waals surface area (Å²) in [5, 5.41) is 5.32. The van der Waals surface area contributed by atoms with Crippen molar-refractivity contribution in [1.29, 1.82) is 0 Å². The molecule has 1 saturated heterocycles. The van der Waals surface area contributed by atoms with E-state index in [1.54, 1.807) is 0 Å². The van der Waals surface area contributed by atoms with E-state index in [-0.39, 0.29) is 17.4 Å². The van der Waals surface area contributed by atoms with Crippen LogP contribution in [0.1, 0.15) is 18.4 Å². The van der Waals surface area contributed by atoms with Gasteiger partial charge in [0.25, 0.3) is 9.05 Å². The van der Waals surface area contributed by atoms with Crippen LogP contribution in [0.5, 0.6) is 0 Å². The van der Waals surface area contributed by atoms with Crippen LogP contribution in [0, 0.1) is 0 Å². The lowest BCUT2D eigenvalue weighted by atomic mass is 10.1. The molecule has 1 fully saturated rings. The van der Waals surface area contributed by atoms with E-state index in [9.17, 15) is 18.0 Å². The molecule has 0 unspecified atom stereocenters. The molecular weight excluding hydrogens is 444 g/mol. The van der Waals surface area contributed by atoms with Gasteiger partial charge in [-0.25, -0.2) is 13.2 Å². The first-order chi connectivity index (χ1) is 14.8. The van der Waals surface area contributed by atoms with E-state index in [0.717, 1.165) is 5.56 Å². The highest BCUT2D eigenvalue weighted by molar-refractivity contribution is 8.13. The second-order valence-electron chi connectivity index (χ2n) is 7.06. The summed E-state index contributed by atoms with van der Waals surface area (Å²) < 4.78 is 33.4. The van der Waals surface area contributed by atoms with Crippen molar-refractivity contribution in [2.24, 2.45) is 0 Å². The molecule has 0 aliphatic carbocycles. The van der Waals surface area contributed by atoms with E-state index in [1.807, 2.05) is 30.3 Å². The smallest absolute Gasteiger partial charge is 0.408 e. The normalized spacial score (nSPS) is 15.6. The summed E-state index contributed by atoms with van der Waals surface area (Å²) in [7, 11) is 1.45. The Balaban J connectivity index is 1.68. The fraction of sp³-hybridized carbons (Fsp3) is 0.333. The van der Waals surface area contributed by atoms with Crippen molar-refractivity contribution in [3.8, 4) is 0 Å². The van der Waals surface area contributed by atoms with Crippen molar-refractivity contribution in [2.75, 3.05) is 18.5 Å². The lowest BCUT2D eigenvalue weighted by Crippen LogP contribution is -2.46. The highest BCUT2D eigenvalue weighted by Crippen LogP contribution is 2.18. The molecule has 166 valence electrons. The Labute approximate surface area is 185 Å². The van der Waals surface area contributed by atoms with E-state index < -0.39 is 27.1 Å². The van der Waals surface area contributed by atoms with Crippen molar-refractivity contribution in [3.05, 3.63) is 60.2 Å². The standard InChI is InChI=1S/C21H23ClN2O6S/c22-31(27,28)18-8-6-16(7-9-18)23-20(25)19(14-15-4-2-1-3-5-15)24-21(26)30-17-10-12-29-13-11-17/h1-9,17,19H,10-14H2,(H,23,25)(H,24,26)/t19-/m0/s1. The number of carbonyl (C=O) groups excluding carboxylic acids is 2. The molecule has 1 heterocycles. The third-order valence-corrected chi connectivity index (χ3v) is 6.11. The van der Waals surface area contributed by atoms with E-state index >= 15 is 0 Å². The minimum absolute atomic E-state index is 0.0776. The summed E-state index contributed by atoms with van der Waals surface area (Å²) in [6.07, 6.45) is 0.548. The second-order valence-corrected chi connectivity index (χ2v) is 9.62. The summed E-state index contributed by atoms with van der Waals surface area (Å²) >= 11 is 0. The Morgan fingerprint density at radius 3 is 2.32 bits per heavy atom. The van der Waals surface area contributed by atoms with Crippen LogP contribution < -0.4 is 10.6 Å². The van der Waals surface area contributed by atoms with Crippen LogP contribution in [0.15, 0.2) is 59.5 Å². The highest BCUT2D eigenvalue weighted by atomic mass is 35.7. The predicted molar refractivity (Wildman–Crippen MR) is 116 cm³/mol. The number of carbonyl (C=O) groups is 2. The first-order valence-electron chi connectivity index (χ1n) is 9.75. The SMILES string of the molecule is O=C(N[C@@H](Cc1ccccc1)C(=O)Nc1ccc(S(=O)(=O)Cl)cc1)OC1CCOCC1. The van der Waals surface area contributed by atoms with Gasteiger partial charge in [0.15, 0.2) is 0 Å². The number of alkyl carbamates (subject to hydrolysis) is 1. The van der Waals surface area contributed by atoms with Gasteiger partial charge in [-0.15, -0.1) is 0 Å². The van der Waals surface area contributed by atoms with Crippen molar-refractivity contribution in [2.45, 2.75) is 36.3 Å². The number of halogens is 1. The average Bonchev–Trinajstić information content (AvgIpc) is 2.74. The first-order valence-corrected chi connectivity index (χ1v) is 12.1. The third-order valence-electron chi connectivity index (χ3n) is 4.74. The van der Waals surface area contributed by atoms with Crippen LogP contribution >= 0.6 is 10.7 Å². The quantitative estimate of drug-likeness (QED) is 0.607. The zero-order valence-corrected chi connectivity index (χ0v) is 18.2. The number of hydrogen-bond donors (Lipinski definition) is 2. The number of benzene rings is 2. The summed E-state index contributed by atoms with van der Waals surface area (Å²) in [5.74, 6) is -0.464. The van der Waals surface area contributed by atoms with Crippen LogP contribution in [0.4, 0.5) is 10.5 Å². The summed E-state index contributed by atoms with van der Waals surface area (Å²) in [5.41, 5.74) is 1.23. The Bertz CT molecular complexity index is 992. The summed E-state index contributed by atoms with van der Waals surface area (Å²) in [4.78, 5) is 25.2. The average molecular weight is 467 g/mol. The lowest BCUT2D eigenvalue weighted by molar-refractivity contribution is -0.118. The van der Waals surface area contributed by atoms with E-state index in [2.05, 4.69) is 10.6 Å². The van der Waals surface area contributed by atoms with Crippen molar-refractivity contribution in [1.82, 2.24) is 5.32 Å². The maximum atomic E-state index is 12.9. The van der Waals surface area contributed by atoms with E-state index in [0.29, 0.717) is 31.7 Å². The van der Waals surface area contributed by atoms with Gasteiger partial charge in [0, 0.05) is 35.6 Å². The predicted octanol–water partition coefficient (Wildman–Crippen LogP) is 3.07. The zero-order valence-electron chi connectivity index (χ0n) is 16.6. The Kier molecular flexibility index (Phi) is 7.89. The number of anilines is 1. The molecule has 0 aromatic heterocycles. The van der Waals surface area contributed by atoms with Crippen LogP contribution in [0.3, 0.4) is 0 Å². The van der Waals surface area contributed by atoms with E-state index in [4.69, 9.17) is 20.2 Å². The number of rotatable bonds is 7. The molecule has 2 aromatic rings. The fourth-order valence-electron chi connectivity index (χ4n) is 3.11. The maximum absolute atomic E-state index is 12.9. The second kappa shape index (κ2) is 10.6. The molecular formula is C21H23ClN2O6S. The van der Waals surface area contributed by atoms with Crippen molar-refractivity contribution in [3.63, 3.8) is 0 Å². The molecule has 0 spiro atoms. The van der Waals surface area contributed by atoms with Gasteiger partial charge in [0.2, 0.25) is 5.91 Å². The summed E-state index contributed by atoms with van der Waals surface area (Å²) in [6.45, 7) is 1.06. The van der Waals surface area contributed by atoms with Crippen LogP contribution in [0.25, 0.3) is 0 Å². The van der Waals surface area contributed by atoms with Gasteiger partial charge in [-0.3, -0.25) is 4.79 Å². The van der Waals surface area contributed by atoms with Crippen molar-refractivity contribution >= 4 is 37.4 Å². The molecule has 8 nitrogen and oxygen atoms in total. The zero-order chi connectivity index (χ0) is 22.3. The number of amides is 2. The van der Waals surface area contributed by atoms with Gasteiger partial charge in [-0.1, -0.05) is 30.3 Å². The first kappa shape index (κ1) is 23.1. The van der Waals surface area contributed by atoms with Crippen molar-refractivity contribution < 1.29 is 27.5 Å².